The van der Waals surface area contributed by atoms with Gasteiger partial charge in [0.1, 0.15) is 28.5 Å². The van der Waals surface area contributed by atoms with Crippen molar-refractivity contribution in [2.75, 3.05) is 5.32 Å². The number of amides is 1. The molecule has 4 aromatic heterocycles. The zero-order chi connectivity index (χ0) is 27.1. The number of anilines is 1. The van der Waals surface area contributed by atoms with Crippen LogP contribution in [-0.4, -0.2) is 36.0 Å². The van der Waals surface area contributed by atoms with Gasteiger partial charge in [0.05, 0.1) is 28.3 Å². The second-order valence-electron chi connectivity index (χ2n) is 9.65. The number of imidazole rings is 1. The van der Waals surface area contributed by atoms with Crippen LogP contribution in [0.3, 0.4) is 0 Å². The maximum atomic E-state index is 16.1. The van der Waals surface area contributed by atoms with Crippen LogP contribution >= 0.6 is 0 Å². The van der Waals surface area contributed by atoms with Gasteiger partial charge in [-0.1, -0.05) is 26.0 Å². The van der Waals surface area contributed by atoms with Crippen LogP contribution in [0.25, 0.3) is 55.8 Å². The minimum atomic E-state index is -0.517. The number of hydrogen-bond acceptors (Lipinski definition) is 5. The number of rotatable bonds is 6. The minimum absolute atomic E-state index is 0.133. The summed E-state index contributed by atoms with van der Waals surface area (Å²) in [6, 6.07) is 13.1. The van der Waals surface area contributed by atoms with Gasteiger partial charge < -0.3 is 10.3 Å². The summed E-state index contributed by atoms with van der Waals surface area (Å²) < 4.78 is 30.6. The Bertz CT molecular complexity index is 1860. The highest BCUT2D eigenvalue weighted by molar-refractivity contribution is 5.98. The Balaban J connectivity index is 1.43. The van der Waals surface area contributed by atoms with Crippen molar-refractivity contribution < 1.29 is 13.6 Å². The van der Waals surface area contributed by atoms with Gasteiger partial charge in [-0.15, -0.1) is 0 Å². The number of carbonyl (C=O) groups excluding carboxylic acids is 1. The highest BCUT2D eigenvalue weighted by atomic mass is 19.1. The molecule has 6 aromatic rings. The van der Waals surface area contributed by atoms with E-state index in [9.17, 15) is 9.18 Å². The van der Waals surface area contributed by atoms with Crippen LogP contribution in [0.1, 0.15) is 20.3 Å². The molecule has 0 aliphatic rings. The van der Waals surface area contributed by atoms with Crippen LogP contribution in [0.2, 0.25) is 0 Å². The summed E-state index contributed by atoms with van der Waals surface area (Å²) in [4.78, 5) is 28.6. The van der Waals surface area contributed by atoms with Gasteiger partial charge in [-0.25, -0.2) is 13.8 Å². The van der Waals surface area contributed by atoms with Crippen LogP contribution in [0.15, 0.2) is 67.1 Å². The van der Waals surface area contributed by atoms with Gasteiger partial charge in [0.25, 0.3) is 0 Å². The molecule has 0 radical (unpaired) electrons. The molecule has 10 heteroatoms. The molecule has 0 aliphatic carbocycles. The molecule has 39 heavy (non-hydrogen) atoms. The predicted molar refractivity (Wildman–Crippen MR) is 146 cm³/mol. The fourth-order valence-electron chi connectivity index (χ4n) is 4.60. The molecule has 0 saturated carbocycles. The second-order valence-corrected chi connectivity index (χ2v) is 9.65. The first-order valence-electron chi connectivity index (χ1n) is 12.4. The van der Waals surface area contributed by atoms with Crippen molar-refractivity contribution in [3.05, 3.63) is 78.8 Å². The lowest BCUT2D eigenvalue weighted by Crippen LogP contribution is -2.14. The average Bonchev–Trinajstić information content (AvgIpc) is 3.53. The van der Waals surface area contributed by atoms with Crippen molar-refractivity contribution >= 4 is 33.5 Å². The third-order valence-corrected chi connectivity index (χ3v) is 6.35. The Labute approximate surface area is 221 Å². The number of benzene rings is 2. The number of aromatic nitrogens is 6. The molecular formula is C29H23F2N7O. The molecule has 0 fully saturated rings. The Morgan fingerprint density at radius 1 is 1.00 bits per heavy atom. The van der Waals surface area contributed by atoms with Gasteiger partial charge in [-0.05, 0) is 42.3 Å². The van der Waals surface area contributed by atoms with Crippen LogP contribution in [0, 0.1) is 17.6 Å². The monoisotopic (exact) mass is 523 g/mol. The van der Waals surface area contributed by atoms with E-state index in [0.717, 1.165) is 0 Å². The molecule has 8 nitrogen and oxygen atoms in total. The van der Waals surface area contributed by atoms with Crippen LogP contribution in [-0.2, 0) is 4.79 Å². The normalized spacial score (nSPS) is 11.5. The average molecular weight is 524 g/mol. The molecule has 4 heterocycles. The standard InChI is InChI=1S/C29H23F2N7O/c1-15(2)11-23(39)34-17-12-16(13-32-14-17)18-7-8-21-24(25(18)31)28(38-37-21)29-35-22-9-10-33-26(27(22)36-29)19-5-3-4-6-20(19)30/h3-10,12-15H,11H2,1-2H3,(H,34,39)(H,35,36)(H,37,38). The summed E-state index contributed by atoms with van der Waals surface area (Å²) in [5, 5.41) is 10.3. The SMILES string of the molecule is CC(C)CC(=O)Nc1cncc(-c2ccc3[nH]nc(-c4nc5c(-c6ccccc6F)nccc5[nH]4)c3c2F)c1. The maximum absolute atomic E-state index is 16.1. The zero-order valence-electron chi connectivity index (χ0n) is 21.1. The number of fused-ring (bicyclic) bond motifs is 2. The smallest absolute Gasteiger partial charge is 0.224 e. The topological polar surface area (TPSA) is 112 Å². The molecule has 0 bridgehead atoms. The van der Waals surface area contributed by atoms with Gasteiger partial charge in [0, 0.05) is 35.5 Å². The summed E-state index contributed by atoms with van der Waals surface area (Å²) in [5.41, 5.74) is 3.77. The quantitative estimate of drug-likeness (QED) is 0.231. The van der Waals surface area contributed by atoms with E-state index < -0.39 is 11.6 Å². The van der Waals surface area contributed by atoms with Crippen molar-refractivity contribution in [1.82, 2.24) is 30.1 Å². The number of nitrogens with zero attached hydrogens (tertiary/aromatic N) is 4. The second kappa shape index (κ2) is 9.71. The van der Waals surface area contributed by atoms with Crippen molar-refractivity contribution in [2.24, 2.45) is 5.92 Å². The van der Waals surface area contributed by atoms with E-state index in [2.05, 4.69) is 35.5 Å². The number of carbonyl (C=O) groups is 1. The molecule has 0 atom stereocenters. The molecule has 0 spiro atoms. The van der Waals surface area contributed by atoms with Gasteiger partial charge in [0.2, 0.25) is 5.91 Å². The van der Waals surface area contributed by atoms with E-state index in [1.165, 1.54) is 18.5 Å². The number of hydrogen-bond donors (Lipinski definition) is 3. The molecule has 194 valence electrons. The third kappa shape index (κ3) is 4.50. The van der Waals surface area contributed by atoms with E-state index in [-0.39, 0.29) is 22.9 Å². The summed E-state index contributed by atoms with van der Waals surface area (Å²) in [5.74, 6) is -0.551. The molecule has 2 aromatic carbocycles. The number of halogens is 2. The molecule has 0 saturated heterocycles. The largest absolute Gasteiger partial charge is 0.336 e. The Hall–Kier alpha value is -4.99. The highest BCUT2D eigenvalue weighted by Crippen LogP contribution is 2.35. The van der Waals surface area contributed by atoms with Crippen LogP contribution < -0.4 is 5.32 Å². The van der Waals surface area contributed by atoms with Crippen molar-refractivity contribution in [3.8, 4) is 33.9 Å². The van der Waals surface area contributed by atoms with Gasteiger partial charge in [0.15, 0.2) is 5.82 Å². The Kier molecular flexibility index (Phi) is 6.07. The zero-order valence-corrected chi connectivity index (χ0v) is 21.1. The van der Waals surface area contributed by atoms with Crippen molar-refractivity contribution in [3.63, 3.8) is 0 Å². The molecule has 1 amide bonds. The maximum Gasteiger partial charge on any atom is 0.224 e. The first-order valence-corrected chi connectivity index (χ1v) is 12.4. The first-order chi connectivity index (χ1) is 18.9. The number of aromatic amines is 2. The molecule has 3 N–H and O–H groups in total. The summed E-state index contributed by atoms with van der Waals surface area (Å²) in [7, 11) is 0. The Morgan fingerprint density at radius 3 is 2.67 bits per heavy atom. The third-order valence-electron chi connectivity index (χ3n) is 6.35. The number of pyridine rings is 2. The fraction of sp³-hybridized carbons (Fsp3) is 0.138. The Morgan fingerprint density at radius 2 is 1.85 bits per heavy atom. The van der Waals surface area contributed by atoms with E-state index in [4.69, 9.17) is 0 Å². The lowest BCUT2D eigenvalue weighted by Gasteiger charge is -2.09. The lowest BCUT2D eigenvalue weighted by atomic mass is 10.0. The minimum Gasteiger partial charge on any atom is -0.336 e. The molecule has 0 unspecified atom stereocenters. The molecular weight excluding hydrogens is 500 g/mol. The number of nitrogens with one attached hydrogen (secondary N) is 3. The molecule has 6 rings (SSSR count). The van der Waals surface area contributed by atoms with E-state index in [1.54, 1.807) is 48.7 Å². The first kappa shape index (κ1) is 24.4. The fourth-order valence-corrected chi connectivity index (χ4v) is 4.60. The van der Waals surface area contributed by atoms with Crippen LogP contribution in [0.4, 0.5) is 14.5 Å². The predicted octanol–water partition coefficient (Wildman–Crippen LogP) is 6.49. The highest BCUT2D eigenvalue weighted by Gasteiger charge is 2.21. The van der Waals surface area contributed by atoms with Crippen LogP contribution in [0.5, 0.6) is 0 Å². The lowest BCUT2D eigenvalue weighted by molar-refractivity contribution is -0.116. The molecule has 0 aliphatic heterocycles. The van der Waals surface area contributed by atoms with E-state index >= 15 is 4.39 Å². The van der Waals surface area contributed by atoms with Gasteiger partial charge >= 0.3 is 0 Å². The summed E-state index contributed by atoms with van der Waals surface area (Å²) >= 11 is 0. The summed E-state index contributed by atoms with van der Waals surface area (Å²) in [6.45, 7) is 3.92. The van der Waals surface area contributed by atoms with E-state index in [0.29, 0.717) is 56.9 Å². The van der Waals surface area contributed by atoms with Gasteiger partial charge in [-0.2, -0.15) is 5.10 Å². The van der Waals surface area contributed by atoms with Crippen molar-refractivity contribution in [2.45, 2.75) is 20.3 Å². The van der Waals surface area contributed by atoms with Crippen molar-refractivity contribution in [1.29, 1.82) is 0 Å². The van der Waals surface area contributed by atoms with E-state index in [1.807, 2.05) is 13.8 Å². The summed E-state index contributed by atoms with van der Waals surface area (Å²) in [6.07, 6.45) is 4.99. The number of H-pyrrole nitrogens is 2. The van der Waals surface area contributed by atoms with Gasteiger partial charge in [-0.3, -0.25) is 19.9 Å².